The molecule has 0 fully saturated rings. The number of ether oxygens (including phenoxy) is 1. The van der Waals surface area contributed by atoms with Crippen LogP contribution in [-0.4, -0.2) is 18.7 Å². The molecule has 1 unspecified atom stereocenters. The zero-order valence-electron chi connectivity index (χ0n) is 16.5. The fraction of sp³-hybridized carbons (Fsp3) is 0.727. The minimum atomic E-state index is 0.239. The lowest BCUT2D eigenvalue weighted by Crippen LogP contribution is -2.48. The lowest BCUT2D eigenvalue weighted by molar-refractivity contribution is 0.336. The Balaban J connectivity index is 2.07. The summed E-state index contributed by atoms with van der Waals surface area (Å²) in [5, 5.41) is 0. The van der Waals surface area contributed by atoms with E-state index in [2.05, 4.69) is 57.7 Å². The molecule has 2 heteroatoms. The number of hydrogen-bond acceptors (Lipinski definition) is 2. The molecular formula is C22H37NO. The van der Waals surface area contributed by atoms with Crippen LogP contribution in [0, 0.1) is 0 Å². The zero-order chi connectivity index (χ0) is 17.6. The van der Waals surface area contributed by atoms with Gasteiger partial charge in [0.2, 0.25) is 0 Å². The third-order valence-corrected chi connectivity index (χ3v) is 5.40. The summed E-state index contributed by atoms with van der Waals surface area (Å²) in [5.41, 5.74) is 3.13. The Bertz CT molecular complexity index is 509. The van der Waals surface area contributed by atoms with Gasteiger partial charge in [0.1, 0.15) is 5.75 Å². The van der Waals surface area contributed by atoms with Crippen LogP contribution in [0.4, 0.5) is 5.69 Å². The molecule has 0 bridgehead atoms. The van der Waals surface area contributed by atoms with E-state index in [-0.39, 0.29) is 5.54 Å². The quantitative estimate of drug-likeness (QED) is 0.476. The van der Waals surface area contributed by atoms with E-state index in [4.69, 9.17) is 4.74 Å². The summed E-state index contributed by atoms with van der Waals surface area (Å²) in [6.45, 7) is 13.4. The van der Waals surface area contributed by atoms with E-state index < -0.39 is 0 Å². The molecule has 0 saturated carbocycles. The van der Waals surface area contributed by atoms with E-state index in [1.807, 2.05) is 0 Å². The Morgan fingerprint density at radius 3 is 2.50 bits per heavy atom. The second kappa shape index (κ2) is 8.78. The first-order valence-electron chi connectivity index (χ1n) is 10.0. The number of rotatable bonds is 9. The average molecular weight is 332 g/mol. The smallest absolute Gasteiger partial charge is 0.119 e. The molecule has 1 aliphatic rings. The molecule has 0 aliphatic carbocycles. The van der Waals surface area contributed by atoms with Gasteiger partial charge in [0.15, 0.2) is 0 Å². The zero-order valence-corrected chi connectivity index (χ0v) is 16.5. The number of anilines is 1. The molecule has 0 amide bonds. The Morgan fingerprint density at radius 1 is 1.08 bits per heavy atom. The van der Waals surface area contributed by atoms with Crippen LogP contribution in [-0.2, 0) is 0 Å². The van der Waals surface area contributed by atoms with Crippen LogP contribution in [0.25, 0.3) is 0 Å². The molecule has 0 saturated heterocycles. The Hall–Kier alpha value is -1.18. The Morgan fingerprint density at radius 2 is 1.79 bits per heavy atom. The second-order valence-corrected chi connectivity index (χ2v) is 7.99. The number of nitrogens with zero attached hydrogens (tertiary/aromatic N) is 1. The van der Waals surface area contributed by atoms with Gasteiger partial charge in [-0.1, -0.05) is 46.0 Å². The van der Waals surface area contributed by atoms with Crippen LogP contribution in [0.15, 0.2) is 18.2 Å². The van der Waals surface area contributed by atoms with Gasteiger partial charge < -0.3 is 9.64 Å². The topological polar surface area (TPSA) is 12.5 Å². The molecule has 0 spiro atoms. The number of hydrogen-bond donors (Lipinski definition) is 0. The van der Waals surface area contributed by atoms with Crippen molar-refractivity contribution in [2.45, 2.75) is 91.0 Å². The molecule has 1 heterocycles. The highest BCUT2D eigenvalue weighted by Gasteiger charge is 2.36. The molecule has 1 atom stereocenters. The molecule has 1 aromatic carbocycles. The van der Waals surface area contributed by atoms with Crippen LogP contribution in [0.2, 0.25) is 0 Å². The summed E-state index contributed by atoms with van der Waals surface area (Å²) in [4.78, 5) is 2.65. The van der Waals surface area contributed by atoms with E-state index >= 15 is 0 Å². The second-order valence-electron chi connectivity index (χ2n) is 7.99. The van der Waals surface area contributed by atoms with Crippen LogP contribution in [0.1, 0.15) is 91.0 Å². The Labute approximate surface area is 149 Å². The lowest BCUT2D eigenvalue weighted by atomic mass is 9.80. The number of unbranched alkanes of at least 4 members (excludes halogenated alkanes) is 5. The van der Waals surface area contributed by atoms with Gasteiger partial charge in [0.25, 0.3) is 0 Å². The van der Waals surface area contributed by atoms with Crippen molar-refractivity contribution in [3.63, 3.8) is 0 Å². The highest BCUT2D eigenvalue weighted by Crippen LogP contribution is 2.44. The van der Waals surface area contributed by atoms with Gasteiger partial charge in [-0.3, -0.25) is 0 Å². The van der Waals surface area contributed by atoms with E-state index in [9.17, 15) is 0 Å². The molecule has 2 nitrogen and oxygen atoms in total. The van der Waals surface area contributed by atoms with Crippen molar-refractivity contribution in [2.24, 2.45) is 0 Å². The third kappa shape index (κ3) is 4.68. The number of fused-ring (bicyclic) bond motifs is 1. The molecule has 1 aromatic rings. The van der Waals surface area contributed by atoms with E-state index in [1.54, 1.807) is 0 Å². The van der Waals surface area contributed by atoms with Crippen LogP contribution in [0.5, 0.6) is 5.75 Å². The first-order chi connectivity index (χ1) is 11.5. The van der Waals surface area contributed by atoms with E-state index in [1.165, 1.54) is 62.7 Å². The van der Waals surface area contributed by atoms with Crippen LogP contribution < -0.4 is 9.64 Å². The van der Waals surface area contributed by atoms with Crippen LogP contribution >= 0.6 is 0 Å². The van der Waals surface area contributed by atoms with Gasteiger partial charge in [-0.15, -0.1) is 0 Å². The largest absolute Gasteiger partial charge is 0.494 e. The first-order valence-corrected chi connectivity index (χ1v) is 10.0. The summed E-state index contributed by atoms with van der Waals surface area (Å²) in [6.07, 6.45) is 9.36. The van der Waals surface area contributed by atoms with E-state index in [0.717, 1.165) is 12.4 Å². The molecule has 0 N–H and O–H groups in total. The SMILES string of the molecule is CCCCCCCCN1c2ccc(OCC)cc2C(C)CC1(C)C. The van der Waals surface area contributed by atoms with Crippen molar-refractivity contribution in [2.75, 3.05) is 18.1 Å². The molecule has 2 rings (SSSR count). The fourth-order valence-electron chi connectivity index (χ4n) is 4.20. The molecular weight excluding hydrogens is 294 g/mol. The Kier molecular flexibility index (Phi) is 7.01. The molecule has 1 aliphatic heterocycles. The number of benzene rings is 1. The summed E-state index contributed by atoms with van der Waals surface area (Å²) >= 11 is 0. The maximum absolute atomic E-state index is 5.73. The first kappa shape index (κ1) is 19.1. The molecule has 0 aromatic heterocycles. The molecule has 0 radical (unpaired) electrons. The van der Waals surface area contributed by atoms with Gasteiger partial charge in [-0.25, -0.2) is 0 Å². The van der Waals surface area contributed by atoms with Gasteiger partial charge in [0, 0.05) is 17.8 Å². The predicted octanol–water partition coefficient (Wildman–Crippen LogP) is 6.54. The highest BCUT2D eigenvalue weighted by molar-refractivity contribution is 5.61. The van der Waals surface area contributed by atoms with Crippen molar-refractivity contribution in [1.29, 1.82) is 0 Å². The predicted molar refractivity (Wildman–Crippen MR) is 105 cm³/mol. The summed E-state index contributed by atoms with van der Waals surface area (Å²) < 4.78 is 5.73. The van der Waals surface area contributed by atoms with Gasteiger partial charge in [0.05, 0.1) is 6.61 Å². The third-order valence-electron chi connectivity index (χ3n) is 5.40. The van der Waals surface area contributed by atoms with Crippen LogP contribution in [0.3, 0.4) is 0 Å². The van der Waals surface area contributed by atoms with Crippen molar-refractivity contribution < 1.29 is 4.74 Å². The summed E-state index contributed by atoms with van der Waals surface area (Å²) in [6, 6.07) is 6.70. The normalized spacial score (nSPS) is 19.2. The van der Waals surface area contributed by atoms with Crippen molar-refractivity contribution in [3.05, 3.63) is 23.8 Å². The van der Waals surface area contributed by atoms with Gasteiger partial charge >= 0.3 is 0 Å². The monoisotopic (exact) mass is 331 g/mol. The maximum atomic E-state index is 5.73. The highest BCUT2D eigenvalue weighted by atomic mass is 16.5. The minimum absolute atomic E-state index is 0.239. The van der Waals surface area contributed by atoms with Crippen molar-refractivity contribution in [1.82, 2.24) is 0 Å². The minimum Gasteiger partial charge on any atom is -0.494 e. The summed E-state index contributed by atoms with van der Waals surface area (Å²) in [5.74, 6) is 1.61. The molecule has 24 heavy (non-hydrogen) atoms. The van der Waals surface area contributed by atoms with Gasteiger partial charge in [-0.05, 0) is 63.3 Å². The van der Waals surface area contributed by atoms with Crippen molar-refractivity contribution >= 4 is 5.69 Å². The van der Waals surface area contributed by atoms with Gasteiger partial charge in [-0.2, -0.15) is 0 Å². The van der Waals surface area contributed by atoms with E-state index in [0.29, 0.717) is 5.92 Å². The average Bonchev–Trinajstić information content (AvgIpc) is 2.53. The maximum Gasteiger partial charge on any atom is 0.119 e. The molecule has 136 valence electrons. The standard InChI is InChI=1S/C22H37NO/c1-6-8-9-10-11-12-15-23-21-14-13-19(24-7-2)16-20(21)18(3)17-22(23,4)5/h13-14,16,18H,6-12,15,17H2,1-5H3. The fourth-order valence-corrected chi connectivity index (χ4v) is 4.20. The summed E-state index contributed by atoms with van der Waals surface area (Å²) in [7, 11) is 0. The van der Waals surface area contributed by atoms with Crippen molar-refractivity contribution in [3.8, 4) is 5.75 Å². The lowest BCUT2D eigenvalue weighted by Gasteiger charge is -2.47.